The third-order valence-corrected chi connectivity index (χ3v) is 10.8. The number of ether oxygens (including phenoxy) is 2. The van der Waals surface area contributed by atoms with E-state index in [1.807, 2.05) is 6.92 Å². The number of carbonyl (C=O) groups is 1. The Morgan fingerprint density at radius 2 is 1.76 bits per heavy atom. The van der Waals surface area contributed by atoms with Crippen LogP contribution in [0.15, 0.2) is 12.2 Å². The highest BCUT2D eigenvalue weighted by molar-refractivity contribution is 5.77. The fourth-order valence-electron chi connectivity index (χ4n) is 9.01. The summed E-state index contributed by atoms with van der Waals surface area (Å²) >= 11 is 0. The summed E-state index contributed by atoms with van der Waals surface area (Å²) in [5.74, 6) is 0.287. The van der Waals surface area contributed by atoms with E-state index >= 15 is 0 Å². The number of aliphatic hydroxyl groups is 5. The lowest BCUT2D eigenvalue weighted by Crippen LogP contribution is -2.62. The number of fused-ring (bicyclic) bond motifs is 3. The highest BCUT2D eigenvalue weighted by Gasteiger charge is 2.68. The summed E-state index contributed by atoms with van der Waals surface area (Å²) in [6, 6.07) is 0. The molecule has 8 heteroatoms. The number of aliphatic hydroxyl groups excluding tert-OH is 5. The maximum Gasteiger partial charge on any atom is 0.314 e. The van der Waals surface area contributed by atoms with Crippen LogP contribution >= 0.6 is 0 Å². The maximum absolute atomic E-state index is 13.7. The Hall–Kier alpha value is -1.03. The number of hydrogen-bond acceptors (Lipinski definition) is 8. The quantitative estimate of drug-likeness (QED) is 0.301. The normalized spacial score (nSPS) is 54.8. The van der Waals surface area contributed by atoms with Crippen LogP contribution in [0, 0.1) is 34.0 Å². The third kappa shape index (κ3) is 3.22. The van der Waals surface area contributed by atoms with Crippen molar-refractivity contribution in [2.75, 3.05) is 6.61 Å². The van der Waals surface area contributed by atoms with Crippen LogP contribution in [0.5, 0.6) is 0 Å². The zero-order valence-corrected chi connectivity index (χ0v) is 20.2. The van der Waals surface area contributed by atoms with E-state index in [4.69, 9.17) is 9.47 Å². The molecule has 5 N–H and O–H groups in total. The summed E-state index contributed by atoms with van der Waals surface area (Å²) in [6.45, 7) is 7.88. The number of esters is 1. The largest absolute Gasteiger partial charge is 0.432 e. The van der Waals surface area contributed by atoms with Crippen molar-refractivity contribution in [3.8, 4) is 0 Å². The van der Waals surface area contributed by atoms with Crippen LogP contribution in [0.25, 0.3) is 0 Å². The molecule has 0 aromatic heterocycles. The van der Waals surface area contributed by atoms with Crippen molar-refractivity contribution >= 4 is 5.97 Å². The van der Waals surface area contributed by atoms with E-state index in [1.54, 1.807) is 0 Å². The van der Waals surface area contributed by atoms with E-state index in [9.17, 15) is 30.3 Å². The lowest BCUT2D eigenvalue weighted by molar-refractivity contribution is -0.298. The molecular formula is C26H40O8. The second kappa shape index (κ2) is 8.25. The van der Waals surface area contributed by atoms with Crippen LogP contribution in [0.3, 0.4) is 0 Å². The van der Waals surface area contributed by atoms with E-state index in [1.165, 1.54) is 0 Å². The molecule has 5 rings (SSSR count). The van der Waals surface area contributed by atoms with E-state index in [0.717, 1.165) is 50.5 Å². The van der Waals surface area contributed by atoms with Crippen LogP contribution < -0.4 is 0 Å². The maximum atomic E-state index is 13.7. The minimum absolute atomic E-state index is 0.0550. The summed E-state index contributed by atoms with van der Waals surface area (Å²) < 4.78 is 11.1. The second-order valence-corrected chi connectivity index (χ2v) is 12.2. The van der Waals surface area contributed by atoms with Crippen LogP contribution in [-0.2, 0) is 14.3 Å². The van der Waals surface area contributed by atoms with Crippen molar-refractivity contribution < 1.29 is 39.8 Å². The Kier molecular flexibility index (Phi) is 5.98. The number of carbonyl (C=O) groups excluding carboxylic acids is 1. The predicted octanol–water partition coefficient (Wildman–Crippen LogP) is 1.27. The molecule has 4 saturated carbocycles. The van der Waals surface area contributed by atoms with Gasteiger partial charge in [0.05, 0.1) is 18.1 Å². The van der Waals surface area contributed by atoms with Crippen LogP contribution in [-0.4, -0.2) is 74.9 Å². The Morgan fingerprint density at radius 1 is 1.03 bits per heavy atom. The van der Waals surface area contributed by atoms with Gasteiger partial charge in [-0.05, 0) is 80.6 Å². The lowest BCUT2D eigenvalue weighted by atomic mass is 9.40. The zero-order valence-electron chi connectivity index (χ0n) is 20.2. The van der Waals surface area contributed by atoms with Gasteiger partial charge in [0.2, 0.25) is 6.29 Å². The molecular weight excluding hydrogens is 440 g/mol. The molecule has 12 atom stereocenters. The number of rotatable bonds is 3. The Bertz CT molecular complexity index is 845. The first-order chi connectivity index (χ1) is 16.0. The first-order valence-electron chi connectivity index (χ1n) is 12.9. The van der Waals surface area contributed by atoms with Gasteiger partial charge in [-0.2, -0.15) is 0 Å². The van der Waals surface area contributed by atoms with Gasteiger partial charge in [-0.1, -0.05) is 19.9 Å². The molecule has 192 valence electrons. The van der Waals surface area contributed by atoms with Gasteiger partial charge in [-0.25, -0.2) is 0 Å². The van der Waals surface area contributed by atoms with Crippen LogP contribution in [0.2, 0.25) is 0 Å². The first-order valence-corrected chi connectivity index (χ1v) is 12.9. The molecule has 5 aliphatic rings. The summed E-state index contributed by atoms with van der Waals surface area (Å²) in [4.78, 5) is 13.7. The number of hydrogen-bond donors (Lipinski definition) is 5. The molecule has 5 fully saturated rings. The molecule has 12 unspecified atom stereocenters. The van der Waals surface area contributed by atoms with Gasteiger partial charge in [-0.15, -0.1) is 0 Å². The predicted molar refractivity (Wildman–Crippen MR) is 121 cm³/mol. The molecule has 0 aromatic rings. The van der Waals surface area contributed by atoms with Crippen molar-refractivity contribution in [3.63, 3.8) is 0 Å². The molecule has 4 aliphatic carbocycles. The monoisotopic (exact) mass is 480 g/mol. The molecule has 0 amide bonds. The van der Waals surface area contributed by atoms with Crippen molar-refractivity contribution in [2.24, 2.45) is 34.0 Å². The minimum atomic E-state index is -1.61. The Labute approximate surface area is 201 Å². The smallest absolute Gasteiger partial charge is 0.314 e. The standard InChI is InChI=1S/C26H40O8/c1-13-14-5-6-17-24(2)8-4-9-25(3,16(24)7-10-26(17,11-14)21(13)31)23(32)34-22-20(30)19(29)18(28)15(12-27)33-22/h14-22,27-31H,1,4-12H2,2-3H3. The van der Waals surface area contributed by atoms with Crippen molar-refractivity contribution in [1.82, 2.24) is 0 Å². The molecule has 2 bridgehead atoms. The second-order valence-electron chi connectivity index (χ2n) is 12.2. The average Bonchev–Trinajstić information content (AvgIpc) is 2.98. The molecule has 1 saturated heterocycles. The van der Waals surface area contributed by atoms with E-state index < -0.39 is 54.8 Å². The molecule has 0 aromatic carbocycles. The first kappa shape index (κ1) is 24.7. The fourth-order valence-corrected chi connectivity index (χ4v) is 9.01. The van der Waals surface area contributed by atoms with Crippen molar-refractivity contribution in [2.45, 2.75) is 102 Å². The average molecular weight is 481 g/mol. The summed E-state index contributed by atoms with van der Waals surface area (Å²) in [5.41, 5.74) is -0.0868. The third-order valence-electron chi connectivity index (χ3n) is 10.8. The van der Waals surface area contributed by atoms with E-state index in [0.29, 0.717) is 18.3 Å². The van der Waals surface area contributed by atoms with Gasteiger partial charge in [0.1, 0.15) is 24.4 Å². The molecule has 1 spiro atoms. The van der Waals surface area contributed by atoms with Gasteiger partial charge < -0.3 is 35.0 Å². The SMILES string of the molecule is C=C1C2CCC3C4(C)CCCC(C)(C(=O)OC5OC(CO)C(O)C(O)C5O)C4CCC3(C2)C1O. The lowest BCUT2D eigenvalue weighted by Gasteiger charge is -2.64. The zero-order chi connectivity index (χ0) is 24.6. The topological polar surface area (TPSA) is 137 Å². The van der Waals surface area contributed by atoms with Gasteiger partial charge >= 0.3 is 5.97 Å². The summed E-state index contributed by atoms with van der Waals surface area (Å²) in [7, 11) is 0. The minimum Gasteiger partial charge on any atom is -0.432 e. The van der Waals surface area contributed by atoms with Gasteiger partial charge in [-0.3, -0.25) is 4.79 Å². The van der Waals surface area contributed by atoms with Crippen LogP contribution in [0.4, 0.5) is 0 Å². The summed E-state index contributed by atoms with van der Waals surface area (Å²) in [5, 5.41) is 51.2. The molecule has 34 heavy (non-hydrogen) atoms. The van der Waals surface area contributed by atoms with Crippen molar-refractivity contribution in [1.29, 1.82) is 0 Å². The van der Waals surface area contributed by atoms with Crippen LogP contribution in [0.1, 0.15) is 65.2 Å². The van der Waals surface area contributed by atoms with Gasteiger partial charge in [0.25, 0.3) is 0 Å². The fraction of sp³-hybridized carbons (Fsp3) is 0.885. The summed E-state index contributed by atoms with van der Waals surface area (Å²) in [6.07, 6.45) is -0.507. The van der Waals surface area contributed by atoms with Gasteiger partial charge in [0.15, 0.2) is 0 Å². The molecule has 1 heterocycles. The Balaban J connectivity index is 1.40. The highest BCUT2D eigenvalue weighted by Crippen LogP contribution is 2.72. The highest BCUT2D eigenvalue weighted by atomic mass is 16.7. The van der Waals surface area contributed by atoms with Crippen molar-refractivity contribution in [3.05, 3.63) is 12.2 Å². The molecule has 0 radical (unpaired) electrons. The molecule has 1 aliphatic heterocycles. The molecule has 8 nitrogen and oxygen atoms in total. The van der Waals surface area contributed by atoms with E-state index in [2.05, 4.69) is 13.5 Å². The van der Waals surface area contributed by atoms with Gasteiger partial charge in [0, 0.05) is 5.41 Å². The Morgan fingerprint density at radius 3 is 2.47 bits per heavy atom. The van der Waals surface area contributed by atoms with E-state index in [-0.39, 0.29) is 16.7 Å².